The Morgan fingerprint density at radius 3 is 2.77 bits per heavy atom. The first kappa shape index (κ1) is 9.67. The largest absolute Gasteiger partial charge is 0.369 e. The third-order valence-electron chi connectivity index (χ3n) is 1.57. The normalized spacial score (nSPS) is 9.38. The minimum atomic E-state index is -0.0145. The number of benzene rings is 1. The van der Waals surface area contributed by atoms with Crippen LogP contribution in [0.4, 0.5) is 5.69 Å². The van der Waals surface area contributed by atoms with Gasteiger partial charge in [-0.05, 0) is 24.6 Å². The van der Waals surface area contributed by atoms with Crippen molar-refractivity contribution < 1.29 is 0 Å². The highest BCUT2D eigenvalue weighted by Crippen LogP contribution is 2.22. The Bertz CT molecular complexity index is 331. The van der Waals surface area contributed by atoms with Crippen LogP contribution < -0.4 is 16.9 Å². The lowest BCUT2D eigenvalue weighted by atomic mass is 10.2. The summed E-state index contributed by atoms with van der Waals surface area (Å²) in [6.45, 7) is 1.88. The molecule has 70 valence electrons. The van der Waals surface area contributed by atoms with Gasteiger partial charge in [-0.15, -0.1) is 5.10 Å². The van der Waals surface area contributed by atoms with Gasteiger partial charge in [0.05, 0.1) is 5.69 Å². The standard InChI is InChI=1S/C8H11ClN4/c1-5-6(9)3-2-4-7(5)12-13-8(10)11/h2-4,12H,1H3,(H4,10,11,13). The summed E-state index contributed by atoms with van der Waals surface area (Å²) in [5.74, 6) is -0.0145. The molecule has 0 fully saturated rings. The Kier molecular flexibility index (Phi) is 2.97. The molecule has 0 spiro atoms. The first-order valence-electron chi connectivity index (χ1n) is 3.71. The minimum Gasteiger partial charge on any atom is -0.369 e. The second-order valence-electron chi connectivity index (χ2n) is 2.56. The zero-order valence-electron chi connectivity index (χ0n) is 7.21. The molecule has 0 bridgehead atoms. The summed E-state index contributed by atoms with van der Waals surface area (Å²) in [5.41, 5.74) is 14.7. The van der Waals surface area contributed by atoms with E-state index < -0.39 is 0 Å². The van der Waals surface area contributed by atoms with Gasteiger partial charge in [-0.25, -0.2) is 0 Å². The number of guanidine groups is 1. The Hall–Kier alpha value is -1.42. The molecule has 0 atom stereocenters. The van der Waals surface area contributed by atoms with Gasteiger partial charge in [0.25, 0.3) is 0 Å². The van der Waals surface area contributed by atoms with Gasteiger partial charge in [0.2, 0.25) is 5.96 Å². The molecule has 4 nitrogen and oxygen atoms in total. The third-order valence-corrected chi connectivity index (χ3v) is 1.98. The van der Waals surface area contributed by atoms with E-state index >= 15 is 0 Å². The van der Waals surface area contributed by atoms with Crippen molar-refractivity contribution in [3.05, 3.63) is 28.8 Å². The maximum atomic E-state index is 5.88. The van der Waals surface area contributed by atoms with Crippen molar-refractivity contribution >= 4 is 23.2 Å². The number of anilines is 1. The van der Waals surface area contributed by atoms with Gasteiger partial charge in [-0.3, -0.25) is 5.43 Å². The molecule has 0 aliphatic heterocycles. The number of rotatable bonds is 2. The van der Waals surface area contributed by atoms with E-state index in [2.05, 4.69) is 10.5 Å². The fraction of sp³-hybridized carbons (Fsp3) is 0.125. The van der Waals surface area contributed by atoms with Crippen molar-refractivity contribution in [1.29, 1.82) is 0 Å². The monoisotopic (exact) mass is 198 g/mol. The number of halogens is 1. The van der Waals surface area contributed by atoms with Crippen molar-refractivity contribution in [3.8, 4) is 0 Å². The Labute approximate surface area is 81.6 Å². The van der Waals surface area contributed by atoms with Crippen LogP contribution in [0.1, 0.15) is 5.56 Å². The first-order chi connectivity index (χ1) is 6.11. The van der Waals surface area contributed by atoms with Crippen LogP contribution in [-0.2, 0) is 0 Å². The molecule has 0 amide bonds. The second-order valence-corrected chi connectivity index (χ2v) is 2.97. The molecule has 1 rings (SSSR count). The summed E-state index contributed by atoms with van der Waals surface area (Å²) in [6, 6.07) is 5.46. The lowest BCUT2D eigenvalue weighted by Gasteiger charge is -2.05. The van der Waals surface area contributed by atoms with Gasteiger partial charge >= 0.3 is 0 Å². The number of hydrogen-bond acceptors (Lipinski definition) is 2. The average molecular weight is 199 g/mol. The van der Waals surface area contributed by atoms with Crippen molar-refractivity contribution in [3.63, 3.8) is 0 Å². The number of nitrogens with zero attached hydrogens (tertiary/aromatic N) is 1. The molecule has 0 unspecified atom stereocenters. The zero-order chi connectivity index (χ0) is 9.84. The molecule has 0 saturated heterocycles. The van der Waals surface area contributed by atoms with Gasteiger partial charge < -0.3 is 11.5 Å². The summed E-state index contributed by atoms with van der Waals surface area (Å²) in [5, 5.41) is 4.34. The van der Waals surface area contributed by atoms with E-state index in [9.17, 15) is 0 Å². The Balaban J connectivity index is 2.89. The zero-order valence-corrected chi connectivity index (χ0v) is 7.97. The molecule has 13 heavy (non-hydrogen) atoms. The highest BCUT2D eigenvalue weighted by Gasteiger charge is 1.99. The van der Waals surface area contributed by atoms with Gasteiger partial charge in [0.15, 0.2) is 0 Å². The summed E-state index contributed by atoms with van der Waals surface area (Å²) in [6.07, 6.45) is 0. The fourth-order valence-corrected chi connectivity index (χ4v) is 1.03. The van der Waals surface area contributed by atoms with Crippen LogP contribution in [-0.4, -0.2) is 5.96 Å². The van der Waals surface area contributed by atoms with Crippen molar-refractivity contribution in [1.82, 2.24) is 0 Å². The SMILES string of the molecule is Cc1c(Cl)cccc1NN=C(N)N. The minimum absolute atomic E-state index is 0.0145. The lowest BCUT2D eigenvalue weighted by molar-refractivity contribution is 1.27. The lowest BCUT2D eigenvalue weighted by Crippen LogP contribution is -2.24. The number of hydrogen-bond donors (Lipinski definition) is 3. The van der Waals surface area contributed by atoms with Crippen LogP contribution in [0.5, 0.6) is 0 Å². The molecular weight excluding hydrogens is 188 g/mol. The van der Waals surface area contributed by atoms with Crippen molar-refractivity contribution in [2.24, 2.45) is 16.6 Å². The average Bonchev–Trinajstić information content (AvgIpc) is 2.07. The van der Waals surface area contributed by atoms with E-state index in [1.165, 1.54) is 0 Å². The number of hydrazone groups is 1. The van der Waals surface area contributed by atoms with E-state index in [1.54, 1.807) is 6.07 Å². The second kappa shape index (κ2) is 4.00. The van der Waals surface area contributed by atoms with Gasteiger partial charge in [0, 0.05) is 5.02 Å². The Morgan fingerprint density at radius 1 is 1.46 bits per heavy atom. The van der Waals surface area contributed by atoms with E-state index in [4.69, 9.17) is 23.1 Å². The maximum absolute atomic E-state index is 5.88. The third kappa shape index (κ3) is 2.52. The first-order valence-corrected chi connectivity index (χ1v) is 4.09. The van der Waals surface area contributed by atoms with Gasteiger partial charge in [-0.2, -0.15) is 0 Å². The van der Waals surface area contributed by atoms with Crippen LogP contribution in [0.2, 0.25) is 5.02 Å². The van der Waals surface area contributed by atoms with Crippen LogP contribution in [0.25, 0.3) is 0 Å². The molecule has 0 radical (unpaired) electrons. The molecule has 0 aliphatic rings. The molecule has 0 heterocycles. The molecular formula is C8H11ClN4. The van der Waals surface area contributed by atoms with E-state index in [0.717, 1.165) is 11.3 Å². The van der Waals surface area contributed by atoms with Crippen LogP contribution in [0, 0.1) is 6.92 Å². The van der Waals surface area contributed by atoms with Gasteiger partial charge in [-0.1, -0.05) is 17.7 Å². The van der Waals surface area contributed by atoms with Crippen LogP contribution >= 0.6 is 11.6 Å². The molecule has 0 aliphatic carbocycles. The molecule has 1 aromatic carbocycles. The maximum Gasteiger partial charge on any atom is 0.208 e. The summed E-state index contributed by atoms with van der Waals surface area (Å²) in [7, 11) is 0. The quantitative estimate of drug-likeness (QED) is 0.380. The predicted octanol–water partition coefficient (Wildman–Crippen LogP) is 1.25. The molecule has 5 heteroatoms. The summed E-state index contributed by atoms with van der Waals surface area (Å²) in [4.78, 5) is 0. The predicted molar refractivity (Wildman–Crippen MR) is 55.6 cm³/mol. The van der Waals surface area contributed by atoms with Crippen molar-refractivity contribution in [2.75, 3.05) is 5.43 Å². The molecule has 5 N–H and O–H groups in total. The highest BCUT2D eigenvalue weighted by molar-refractivity contribution is 6.31. The van der Waals surface area contributed by atoms with E-state index in [0.29, 0.717) is 5.02 Å². The fourth-order valence-electron chi connectivity index (χ4n) is 0.853. The van der Waals surface area contributed by atoms with E-state index in [-0.39, 0.29) is 5.96 Å². The summed E-state index contributed by atoms with van der Waals surface area (Å²) < 4.78 is 0. The van der Waals surface area contributed by atoms with Crippen LogP contribution in [0.3, 0.4) is 0 Å². The topological polar surface area (TPSA) is 76.4 Å². The van der Waals surface area contributed by atoms with E-state index in [1.807, 2.05) is 19.1 Å². The van der Waals surface area contributed by atoms with Crippen molar-refractivity contribution in [2.45, 2.75) is 6.92 Å². The number of nitrogens with one attached hydrogen (secondary N) is 1. The summed E-state index contributed by atoms with van der Waals surface area (Å²) >= 11 is 5.88. The Morgan fingerprint density at radius 2 is 2.15 bits per heavy atom. The highest BCUT2D eigenvalue weighted by atomic mass is 35.5. The van der Waals surface area contributed by atoms with Crippen LogP contribution in [0.15, 0.2) is 23.3 Å². The molecule has 1 aromatic rings. The number of nitrogens with two attached hydrogens (primary N) is 2. The molecule has 0 saturated carbocycles. The molecule has 0 aromatic heterocycles. The van der Waals surface area contributed by atoms with Gasteiger partial charge in [0.1, 0.15) is 0 Å². The smallest absolute Gasteiger partial charge is 0.208 e.